The summed E-state index contributed by atoms with van der Waals surface area (Å²) >= 11 is 1.44. The number of benzene rings is 2. The molecule has 0 bridgehead atoms. The first-order chi connectivity index (χ1) is 13.1. The minimum Gasteiger partial charge on any atom is -0.369 e. The highest BCUT2D eigenvalue weighted by atomic mass is 32.1. The maximum atomic E-state index is 10.8. The minimum absolute atomic E-state index is 0.0441. The third-order valence-electron chi connectivity index (χ3n) is 3.78. The molecule has 0 unspecified atom stereocenters. The third-order valence-corrected chi connectivity index (χ3v) is 4.78. The van der Waals surface area contributed by atoms with Gasteiger partial charge in [0, 0.05) is 17.8 Å². The maximum Gasteiger partial charge on any atom is 0.269 e. The van der Waals surface area contributed by atoms with Crippen molar-refractivity contribution in [2.75, 3.05) is 5.32 Å². The highest BCUT2D eigenvalue weighted by Gasteiger charge is 2.20. The van der Waals surface area contributed by atoms with Gasteiger partial charge in [0.2, 0.25) is 0 Å². The first-order valence-electron chi connectivity index (χ1n) is 7.99. The van der Waals surface area contributed by atoms with Gasteiger partial charge in [-0.05, 0) is 35.9 Å². The van der Waals surface area contributed by atoms with E-state index in [1.165, 1.54) is 23.5 Å². The van der Waals surface area contributed by atoms with E-state index in [-0.39, 0.29) is 11.6 Å². The molecule has 0 atom stereocenters. The molecule has 0 radical (unpaired) electrons. The number of nitrogens with two attached hydrogens (primary N) is 1. The van der Waals surface area contributed by atoms with Crippen LogP contribution < -0.4 is 16.4 Å². The van der Waals surface area contributed by atoms with E-state index >= 15 is 0 Å². The summed E-state index contributed by atoms with van der Waals surface area (Å²) in [6.45, 7) is 0. The largest absolute Gasteiger partial charge is 0.369 e. The molecule has 27 heavy (non-hydrogen) atoms. The van der Waals surface area contributed by atoms with E-state index in [0.29, 0.717) is 10.9 Å². The van der Waals surface area contributed by atoms with Crippen molar-refractivity contribution in [1.82, 2.24) is 10.3 Å². The first kappa shape index (κ1) is 16.7. The number of fused-ring (bicyclic) bond motifs is 1. The van der Waals surface area contributed by atoms with E-state index in [4.69, 9.17) is 5.73 Å². The number of non-ortho nitro benzene ring substituents is 1. The van der Waals surface area contributed by atoms with Crippen LogP contribution in [0.2, 0.25) is 0 Å². The molecule has 1 aromatic heterocycles. The molecule has 0 saturated carbocycles. The summed E-state index contributed by atoms with van der Waals surface area (Å²) in [4.78, 5) is 19.9. The summed E-state index contributed by atoms with van der Waals surface area (Å²) in [5.74, 6) is 0.773. The van der Waals surface area contributed by atoms with Crippen LogP contribution >= 0.6 is 11.3 Å². The van der Waals surface area contributed by atoms with E-state index < -0.39 is 4.92 Å². The Morgan fingerprint density at radius 2 is 1.89 bits per heavy atom. The lowest BCUT2D eigenvalue weighted by atomic mass is 10.1. The summed E-state index contributed by atoms with van der Waals surface area (Å²) in [5, 5.41) is 17.8. The number of guanidine groups is 1. The fraction of sp³-hybridized carbons (Fsp3) is 0. The number of aromatic nitrogens is 1. The Balaban J connectivity index is 1.66. The van der Waals surface area contributed by atoms with Crippen LogP contribution in [0.4, 0.5) is 22.3 Å². The SMILES string of the molecule is NC1=Nc2nc(Nc3ccccc3)sc2C(=Cc2ccc([N+](=O)[O-])cc2)N1. The monoisotopic (exact) mass is 378 g/mol. The number of hydrogen-bond donors (Lipinski definition) is 3. The van der Waals surface area contributed by atoms with Crippen molar-refractivity contribution in [3.63, 3.8) is 0 Å². The number of thiazole rings is 1. The molecular formula is C18H14N6O2S. The van der Waals surface area contributed by atoms with Crippen molar-refractivity contribution >= 4 is 51.4 Å². The van der Waals surface area contributed by atoms with E-state index in [1.54, 1.807) is 12.1 Å². The predicted molar refractivity (Wildman–Crippen MR) is 107 cm³/mol. The summed E-state index contributed by atoms with van der Waals surface area (Å²) in [7, 11) is 0. The third kappa shape index (κ3) is 3.62. The van der Waals surface area contributed by atoms with Crippen LogP contribution in [0.5, 0.6) is 0 Å². The van der Waals surface area contributed by atoms with E-state index in [2.05, 4.69) is 20.6 Å². The molecular weight excluding hydrogens is 364 g/mol. The maximum absolute atomic E-state index is 10.8. The quantitative estimate of drug-likeness (QED) is 0.469. The Bertz CT molecular complexity index is 1060. The van der Waals surface area contributed by atoms with Crippen molar-refractivity contribution in [3.05, 3.63) is 75.2 Å². The highest BCUT2D eigenvalue weighted by molar-refractivity contribution is 7.17. The Morgan fingerprint density at radius 3 is 2.59 bits per heavy atom. The van der Waals surface area contributed by atoms with Gasteiger partial charge in [0.1, 0.15) is 0 Å². The van der Waals surface area contributed by atoms with E-state index in [9.17, 15) is 10.1 Å². The van der Waals surface area contributed by atoms with Gasteiger partial charge < -0.3 is 16.4 Å². The number of anilines is 2. The molecule has 134 valence electrons. The molecule has 2 heterocycles. The number of nitro benzene ring substituents is 1. The summed E-state index contributed by atoms with van der Waals surface area (Å²) < 4.78 is 0. The number of para-hydroxylation sites is 1. The van der Waals surface area contributed by atoms with Crippen LogP contribution in [0.3, 0.4) is 0 Å². The molecule has 1 aliphatic heterocycles. The number of nitrogens with one attached hydrogen (secondary N) is 2. The van der Waals surface area contributed by atoms with Gasteiger partial charge in [-0.25, -0.2) is 0 Å². The molecule has 4 N–H and O–H groups in total. The fourth-order valence-corrected chi connectivity index (χ4v) is 3.46. The number of nitrogens with zero attached hydrogens (tertiary/aromatic N) is 3. The smallest absolute Gasteiger partial charge is 0.269 e. The summed E-state index contributed by atoms with van der Waals surface area (Å²) in [5.41, 5.74) is 8.38. The van der Waals surface area contributed by atoms with Gasteiger partial charge >= 0.3 is 0 Å². The Hall–Kier alpha value is -3.72. The summed E-state index contributed by atoms with van der Waals surface area (Å²) in [6, 6.07) is 16.0. The molecule has 3 aromatic rings. The van der Waals surface area contributed by atoms with Gasteiger partial charge in [-0.1, -0.05) is 29.5 Å². The normalized spacial score (nSPS) is 14.2. The minimum atomic E-state index is -0.427. The number of hydrogen-bond acceptors (Lipinski definition) is 8. The van der Waals surface area contributed by atoms with E-state index in [0.717, 1.165) is 21.8 Å². The fourth-order valence-electron chi connectivity index (χ4n) is 2.56. The molecule has 2 aromatic carbocycles. The molecule has 4 rings (SSSR count). The Morgan fingerprint density at radius 1 is 1.15 bits per heavy atom. The number of rotatable bonds is 4. The van der Waals surface area contributed by atoms with Gasteiger partial charge in [0.25, 0.3) is 5.69 Å². The zero-order chi connectivity index (χ0) is 18.8. The van der Waals surface area contributed by atoms with Crippen molar-refractivity contribution in [1.29, 1.82) is 0 Å². The molecule has 0 spiro atoms. The van der Waals surface area contributed by atoms with Crippen LogP contribution in [0.15, 0.2) is 59.6 Å². The van der Waals surface area contributed by atoms with Gasteiger partial charge in [0.05, 0.1) is 15.5 Å². The second-order valence-corrected chi connectivity index (χ2v) is 6.69. The van der Waals surface area contributed by atoms with Crippen LogP contribution in [0.25, 0.3) is 11.8 Å². The lowest BCUT2D eigenvalue weighted by Crippen LogP contribution is -2.31. The molecule has 0 fully saturated rings. The van der Waals surface area contributed by atoms with Gasteiger partial charge in [0.15, 0.2) is 16.9 Å². The predicted octanol–water partition coefficient (Wildman–Crippen LogP) is 3.84. The van der Waals surface area contributed by atoms with Gasteiger partial charge in [-0.15, -0.1) is 0 Å². The Labute approximate surface area is 158 Å². The lowest BCUT2D eigenvalue weighted by molar-refractivity contribution is -0.384. The molecule has 8 nitrogen and oxygen atoms in total. The number of nitro groups is 1. The Kier molecular flexibility index (Phi) is 4.27. The van der Waals surface area contributed by atoms with Crippen molar-refractivity contribution < 1.29 is 4.92 Å². The van der Waals surface area contributed by atoms with Crippen LogP contribution in [0.1, 0.15) is 10.4 Å². The molecule has 0 saturated heterocycles. The lowest BCUT2D eigenvalue weighted by Gasteiger charge is -2.13. The second kappa shape index (κ2) is 6.89. The van der Waals surface area contributed by atoms with E-state index in [1.807, 2.05) is 36.4 Å². The van der Waals surface area contributed by atoms with Crippen LogP contribution in [-0.4, -0.2) is 15.9 Å². The number of aliphatic imine (C=N–C) groups is 1. The molecule has 0 aliphatic carbocycles. The average molecular weight is 378 g/mol. The zero-order valence-electron chi connectivity index (χ0n) is 13.9. The van der Waals surface area contributed by atoms with Crippen molar-refractivity contribution in [2.24, 2.45) is 10.7 Å². The second-order valence-electron chi connectivity index (χ2n) is 5.69. The van der Waals surface area contributed by atoms with Gasteiger partial charge in [-0.3, -0.25) is 10.1 Å². The molecule has 0 amide bonds. The van der Waals surface area contributed by atoms with Gasteiger partial charge in [-0.2, -0.15) is 9.98 Å². The molecule has 1 aliphatic rings. The average Bonchev–Trinajstić information content (AvgIpc) is 3.05. The standard InChI is InChI=1S/C18H14N6O2S/c19-17-21-14(10-11-6-8-13(9-7-11)24(25)26)15-16(22-17)23-18(27-15)20-12-4-2-1-3-5-12/h1-10H,(H,20,23)(H3,19,21,22). The highest BCUT2D eigenvalue weighted by Crippen LogP contribution is 2.37. The topological polar surface area (TPSA) is 118 Å². The first-order valence-corrected chi connectivity index (χ1v) is 8.81. The van der Waals surface area contributed by atoms with Crippen molar-refractivity contribution in [2.45, 2.75) is 0 Å². The summed E-state index contributed by atoms with van der Waals surface area (Å²) in [6.07, 6.45) is 1.86. The van der Waals surface area contributed by atoms with Crippen LogP contribution in [0, 0.1) is 10.1 Å². The van der Waals surface area contributed by atoms with Crippen molar-refractivity contribution in [3.8, 4) is 0 Å². The zero-order valence-corrected chi connectivity index (χ0v) is 14.7. The molecule has 9 heteroatoms. The van der Waals surface area contributed by atoms with Crippen LogP contribution in [-0.2, 0) is 0 Å².